The van der Waals surface area contributed by atoms with E-state index in [2.05, 4.69) is 22.1 Å². The number of halogens is 1. The molecular formula is C18H22ClN7. The van der Waals surface area contributed by atoms with Crippen molar-refractivity contribution in [3.05, 3.63) is 35.6 Å². The minimum absolute atomic E-state index is 0.282. The summed E-state index contributed by atoms with van der Waals surface area (Å²) in [6.07, 6.45) is 3.98. The van der Waals surface area contributed by atoms with Gasteiger partial charge in [-0.05, 0) is 38.0 Å². The molecule has 0 aliphatic carbocycles. The van der Waals surface area contributed by atoms with Crippen molar-refractivity contribution in [3.63, 3.8) is 0 Å². The van der Waals surface area contributed by atoms with Gasteiger partial charge in [-0.25, -0.2) is 4.98 Å². The summed E-state index contributed by atoms with van der Waals surface area (Å²) in [5, 5.41) is 4.02. The molecule has 3 N–H and O–H groups in total. The minimum atomic E-state index is 0.282. The first kappa shape index (κ1) is 17.1. The van der Waals surface area contributed by atoms with Crippen molar-refractivity contribution in [2.45, 2.75) is 32.4 Å². The van der Waals surface area contributed by atoms with Crippen molar-refractivity contribution in [2.75, 3.05) is 23.3 Å². The second-order valence-electron chi connectivity index (χ2n) is 6.44. The smallest absolute Gasteiger partial charge is 0.229 e. The largest absolute Gasteiger partial charge is 0.338 e. The van der Waals surface area contributed by atoms with Crippen LogP contribution in [0.3, 0.4) is 0 Å². The summed E-state index contributed by atoms with van der Waals surface area (Å²) in [5.41, 5.74) is 8.38. The Kier molecular flexibility index (Phi) is 4.65. The summed E-state index contributed by atoms with van der Waals surface area (Å²) in [6.45, 7) is 4.39. The Morgan fingerprint density at radius 2 is 2.23 bits per heavy atom. The highest BCUT2D eigenvalue weighted by molar-refractivity contribution is 6.30. The molecule has 0 amide bonds. The molecule has 26 heavy (non-hydrogen) atoms. The molecule has 7 nitrogen and oxygen atoms in total. The van der Waals surface area contributed by atoms with Crippen molar-refractivity contribution in [1.29, 1.82) is 0 Å². The van der Waals surface area contributed by atoms with Gasteiger partial charge < -0.3 is 20.5 Å². The number of nitrogens with two attached hydrogens (primary N) is 1. The van der Waals surface area contributed by atoms with Crippen LogP contribution >= 0.6 is 11.6 Å². The summed E-state index contributed by atoms with van der Waals surface area (Å²) in [6, 6.07) is 7.85. The molecule has 0 unspecified atom stereocenters. The van der Waals surface area contributed by atoms with Crippen molar-refractivity contribution < 1.29 is 0 Å². The van der Waals surface area contributed by atoms with Crippen molar-refractivity contribution in [3.8, 4) is 0 Å². The van der Waals surface area contributed by atoms with Crippen LogP contribution in [0.4, 0.5) is 17.5 Å². The van der Waals surface area contributed by atoms with Gasteiger partial charge in [0.15, 0.2) is 17.0 Å². The molecule has 0 saturated carbocycles. The summed E-state index contributed by atoms with van der Waals surface area (Å²) < 4.78 is 2.02. The van der Waals surface area contributed by atoms with Gasteiger partial charge in [0.25, 0.3) is 0 Å². The Labute approximate surface area is 157 Å². The quantitative estimate of drug-likeness (QED) is 0.716. The monoisotopic (exact) mass is 371 g/mol. The highest BCUT2D eigenvalue weighted by Gasteiger charge is 2.27. The van der Waals surface area contributed by atoms with Crippen LogP contribution in [0.25, 0.3) is 11.2 Å². The normalized spacial score (nSPS) is 17.2. The Hall–Kier alpha value is -2.38. The van der Waals surface area contributed by atoms with E-state index in [4.69, 9.17) is 27.3 Å². The second-order valence-corrected chi connectivity index (χ2v) is 6.87. The molecule has 1 aliphatic heterocycles. The maximum absolute atomic E-state index is 6.11. The lowest BCUT2D eigenvalue weighted by Crippen LogP contribution is -2.36. The molecule has 1 aromatic carbocycles. The van der Waals surface area contributed by atoms with Crippen molar-refractivity contribution >= 4 is 40.2 Å². The van der Waals surface area contributed by atoms with E-state index in [9.17, 15) is 0 Å². The molecule has 1 fully saturated rings. The number of aromatic nitrogens is 4. The van der Waals surface area contributed by atoms with E-state index < -0.39 is 0 Å². The fourth-order valence-electron chi connectivity index (χ4n) is 3.43. The maximum Gasteiger partial charge on any atom is 0.229 e. The van der Waals surface area contributed by atoms with Crippen LogP contribution in [0.15, 0.2) is 30.6 Å². The van der Waals surface area contributed by atoms with Crippen LogP contribution < -0.4 is 16.0 Å². The number of imidazole rings is 1. The number of aryl methyl sites for hydroxylation is 1. The molecule has 0 radical (unpaired) electrons. The Morgan fingerprint density at radius 3 is 3.00 bits per heavy atom. The predicted molar refractivity (Wildman–Crippen MR) is 105 cm³/mol. The first-order chi connectivity index (χ1) is 12.7. The van der Waals surface area contributed by atoms with E-state index in [1.807, 2.05) is 28.8 Å². The highest BCUT2D eigenvalue weighted by atomic mass is 35.5. The maximum atomic E-state index is 6.11. The van der Waals surface area contributed by atoms with E-state index in [0.29, 0.717) is 23.3 Å². The number of fused-ring (bicyclic) bond motifs is 1. The van der Waals surface area contributed by atoms with Gasteiger partial charge in [-0.1, -0.05) is 17.7 Å². The van der Waals surface area contributed by atoms with Crippen LogP contribution in [0.1, 0.15) is 19.8 Å². The number of rotatable bonds is 5. The molecule has 3 heterocycles. The van der Waals surface area contributed by atoms with E-state index >= 15 is 0 Å². The standard InChI is InChI=1S/C18H22ClN7/c1-2-25-11-21-15-16(22-13-6-3-5-12(19)9-13)23-18(24-17(15)25)26-8-4-7-14(26)10-20/h3,5-6,9,11,14H,2,4,7-8,10,20H2,1H3,(H,22,23,24)/t14-/m0/s1. The van der Waals surface area contributed by atoms with Gasteiger partial charge in [-0.15, -0.1) is 0 Å². The van der Waals surface area contributed by atoms with Crippen LogP contribution in [-0.4, -0.2) is 38.7 Å². The van der Waals surface area contributed by atoms with Crippen molar-refractivity contribution in [2.24, 2.45) is 5.73 Å². The zero-order valence-corrected chi connectivity index (χ0v) is 15.4. The van der Waals surface area contributed by atoms with Gasteiger partial charge in [0, 0.05) is 36.4 Å². The number of nitrogens with one attached hydrogen (secondary N) is 1. The minimum Gasteiger partial charge on any atom is -0.338 e. The lowest BCUT2D eigenvalue weighted by molar-refractivity contribution is 0.664. The molecule has 1 saturated heterocycles. The second kappa shape index (κ2) is 7.09. The summed E-state index contributed by atoms with van der Waals surface area (Å²) in [4.78, 5) is 16.3. The number of hydrogen-bond donors (Lipinski definition) is 2. The highest BCUT2D eigenvalue weighted by Crippen LogP contribution is 2.29. The number of benzene rings is 1. The van der Waals surface area contributed by atoms with Gasteiger partial charge in [0.2, 0.25) is 5.95 Å². The third-order valence-corrected chi connectivity index (χ3v) is 5.02. The van der Waals surface area contributed by atoms with E-state index in [1.165, 1.54) is 0 Å². The third-order valence-electron chi connectivity index (χ3n) is 4.79. The summed E-state index contributed by atoms with van der Waals surface area (Å²) in [5.74, 6) is 1.38. The molecule has 1 atom stereocenters. The lowest BCUT2D eigenvalue weighted by atomic mass is 10.2. The van der Waals surface area contributed by atoms with Crippen LogP contribution in [0, 0.1) is 0 Å². The first-order valence-electron chi connectivity index (χ1n) is 8.91. The zero-order chi connectivity index (χ0) is 18.1. The summed E-state index contributed by atoms with van der Waals surface area (Å²) in [7, 11) is 0. The van der Waals surface area contributed by atoms with Gasteiger partial charge in [-0.2, -0.15) is 9.97 Å². The molecule has 0 spiro atoms. The number of nitrogens with zero attached hydrogens (tertiary/aromatic N) is 5. The van der Waals surface area contributed by atoms with Crippen LogP contribution in [0.2, 0.25) is 5.02 Å². The van der Waals surface area contributed by atoms with Gasteiger partial charge in [0.1, 0.15) is 0 Å². The predicted octanol–water partition coefficient (Wildman–Crippen LogP) is 3.17. The SMILES string of the molecule is CCn1cnc2c(Nc3cccc(Cl)c3)nc(N3CCC[C@H]3CN)nc21. The van der Waals surface area contributed by atoms with Gasteiger partial charge in [-0.3, -0.25) is 0 Å². The Morgan fingerprint density at radius 1 is 1.35 bits per heavy atom. The molecule has 2 aromatic heterocycles. The molecular weight excluding hydrogens is 350 g/mol. The Bertz CT molecular complexity index is 923. The van der Waals surface area contributed by atoms with Crippen LogP contribution in [0.5, 0.6) is 0 Å². The van der Waals surface area contributed by atoms with Crippen molar-refractivity contribution in [1.82, 2.24) is 19.5 Å². The van der Waals surface area contributed by atoms with E-state index in [1.54, 1.807) is 6.33 Å². The average molecular weight is 372 g/mol. The fourth-order valence-corrected chi connectivity index (χ4v) is 3.62. The first-order valence-corrected chi connectivity index (χ1v) is 9.29. The van der Waals surface area contributed by atoms with Crippen LogP contribution in [-0.2, 0) is 6.54 Å². The van der Waals surface area contributed by atoms with E-state index in [-0.39, 0.29) is 6.04 Å². The van der Waals surface area contributed by atoms with E-state index in [0.717, 1.165) is 42.8 Å². The molecule has 4 rings (SSSR count). The zero-order valence-electron chi connectivity index (χ0n) is 14.7. The molecule has 136 valence electrons. The molecule has 0 bridgehead atoms. The number of anilines is 3. The van der Waals surface area contributed by atoms with Gasteiger partial charge >= 0.3 is 0 Å². The van der Waals surface area contributed by atoms with Gasteiger partial charge in [0.05, 0.1) is 6.33 Å². The lowest BCUT2D eigenvalue weighted by Gasteiger charge is -2.24. The average Bonchev–Trinajstić information content (AvgIpc) is 3.28. The fraction of sp³-hybridized carbons (Fsp3) is 0.389. The Balaban J connectivity index is 1.81. The molecule has 1 aliphatic rings. The summed E-state index contributed by atoms with van der Waals surface area (Å²) >= 11 is 6.11. The topological polar surface area (TPSA) is 84.9 Å². The molecule has 8 heteroatoms. The third kappa shape index (κ3) is 3.08. The molecule has 3 aromatic rings. The number of hydrogen-bond acceptors (Lipinski definition) is 6.